The van der Waals surface area contributed by atoms with Crippen molar-refractivity contribution in [3.05, 3.63) is 100 Å². The maximum absolute atomic E-state index is 13.6. The molecule has 5 rings (SSSR count). The molecule has 150 valence electrons. The summed E-state index contributed by atoms with van der Waals surface area (Å²) in [7, 11) is 2.05. The van der Waals surface area contributed by atoms with E-state index < -0.39 is 0 Å². The van der Waals surface area contributed by atoms with Gasteiger partial charge in [0.15, 0.2) is 0 Å². The van der Waals surface area contributed by atoms with Crippen LogP contribution in [0.25, 0.3) is 0 Å². The first-order valence-electron chi connectivity index (χ1n) is 10.0. The predicted octanol–water partition coefficient (Wildman–Crippen LogP) is 5.43. The third-order valence-electron chi connectivity index (χ3n) is 6.21. The Hall–Kier alpha value is -2.92. The smallest absolute Gasteiger partial charge is 0.275 e. The Morgan fingerprint density at radius 1 is 1.00 bits per heavy atom. The molecule has 0 spiro atoms. The monoisotopic (exact) mass is 459 g/mol. The van der Waals surface area contributed by atoms with Crippen LogP contribution in [0.1, 0.15) is 34.8 Å². The van der Waals surface area contributed by atoms with Crippen molar-refractivity contribution in [2.24, 2.45) is 5.10 Å². The third-order valence-corrected chi connectivity index (χ3v) is 6.87. The Labute approximate surface area is 185 Å². The Kier molecular flexibility index (Phi) is 4.51. The maximum atomic E-state index is 13.6. The zero-order chi connectivity index (χ0) is 20.9. The summed E-state index contributed by atoms with van der Waals surface area (Å²) in [6.07, 6.45) is 0.548. The summed E-state index contributed by atoms with van der Waals surface area (Å²) < 4.78 is 1.07. The minimum atomic E-state index is -0.304. The van der Waals surface area contributed by atoms with E-state index in [1.165, 1.54) is 5.56 Å². The predicted molar refractivity (Wildman–Crippen MR) is 124 cm³/mol. The highest BCUT2D eigenvalue weighted by atomic mass is 79.9. The van der Waals surface area contributed by atoms with Gasteiger partial charge in [-0.15, -0.1) is 0 Å². The molecular formula is C25H22BrN3O. The van der Waals surface area contributed by atoms with E-state index in [0.29, 0.717) is 5.56 Å². The molecule has 3 aromatic carbocycles. The van der Waals surface area contributed by atoms with Crippen LogP contribution >= 0.6 is 15.9 Å². The zero-order valence-corrected chi connectivity index (χ0v) is 18.5. The number of carbonyl (C=O) groups excluding carboxylic acids is 1. The number of amides is 1. The standard InChI is InChI=1S/C25H22BrN3O/c1-25-16-20(17-10-5-3-6-11-17)27-29(23(30)18-12-7-4-8-13-18)24(25)28(2)21-15-9-14-19(26)22(21)25/h3-15,24H,16H2,1-2H3/t24-,25-/m0/s1. The normalized spacial score (nSPS) is 22.4. The lowest BCUT2D eigenvalue weighted by Crippen LogP contribution is -2.57. The summed E-state index contributed by atoms with van der Waals surface area (Å²) in [5, 5.41) is 6.61. The summed E-state index contributed by atoms with van der Waals surface area (Å²) in [4.78, 5) is 15.8. The average Bonchev–Trinajstić information content (AvgIpc) is 3.01. The van der Waals surface area contributed by atoms with Crippen LogP contribution in [0, 0.1) is 0 Å². The van der Waals surface area contributed by atoms with Crippen molar-refractivity contribution in [2.75, 3.05) is 11.9 Å². The first-order chi connectivity index (χ1) is 14.5. The van der Waals surface area contributed by atoms with Crippen LogP contribution in [-0.4, -0.2) is 29.8 Å². The molecule has 0 fully saturated rings. The van der Waals surface area contributed by atoms with E-state index in [2.05, 4.69) is 59.1 Å². The van der Waals surface area contributed by atoms with Crippen molar-refractivity contribution in [3.8, 4) is 0 Å². The van der Waals surface area contributed by atoms with Crippen LogP contribution < -0.4 is 4.90 Å². The number of carbonyl (C=O) groups is 1. The Balaban J connectivity index is 1.70. The van der Waals surface area contributed by atoms with Crippen LogP contribution in [-0.2, 0) is 5.41 Å². The molecule has 0 radical (unpaired) electrons. The van der Waals surface area contributed by atoms with Crippen molar-refractivity contribution in [2.45, 2.75) is 24.9 Å². The van der Waals surface area contributed by atoms with E-state index in [4.69, 9.17) is 5.10 Å². The van der Waals surface area contributed by atoms with Crippen molar-refractivity contribution in [3.63, 3.8) is 0 Å². The third kappa shape index (κ3) is 2.80. The highest BCUT2D eigenvalue weighted by Gasteiger charge is 2.54. The van der Waals surface area contributed by atoms with E-state index in [-0.39, 0.29) is 17.5 Å². The molecule has 4 nitrogen and oxygen atoms in total. The molecular weight excluding hydrogens is 438 g/mol. The molecule has 2 aliphatic heterocycles. The van der Waals surface area contributed by atoms with Gasteiger partial charge in [-0.1, -0.05) is 77.5 Å². The second kappa shape index (κ2) is 7.10. The number of likely N-dealkylation sites (N-methyl/N-ethyl adjacent to an activating group) is 1. The molecule has 30 heavy (non-hydrogen) atoms. The highest BCUT2D eigenvalue weighted by molar-refractivity contribution is 9.10. The summed E-state index contributed by atoms with van der Waals surface area (Å²) in [5.74, 6) is -0.0873. The number of hydrazone groups is 1. The lowest BCUT2D eigenvalue weighted by atomic mass is 9.75. The lowest BCUT2D eigenvalue weighted by molar-refractivity contribution is 0.0580. The first-order valence-corrected chi connectivity index (χ1v) is 10.8. The van der Waals surface area contributed by atoms with Crippen molar-refractivity contribution < 1.29 is 4.79 Å². The zero-order valence-electron chi connectivity index (χ0n) is 16.9. The summed E-state index contributed by atoms with van der Waals surface area (Å²) in [5.41, 5.74) is 4.67. The molecule has 0 saturated heterocycles. The molecule has 0 bridgehead atoms. The second-order valence-electron chi connectivity index (χ2n) is 8.14. The molecule has 2 heterocycles. The molecule has 5 heteroatoms. The van der Waals surface area contributed by atoms with Gasteiger partial charge < -0.3 is 4.90 Å². The molecule has 2 atom stereocenters. The van der Waals surface area contributed by atoms with Gasteiger partial charge in [-0.25, -0.2) is 5.01 Å². The molecule has 0 aromatic heterocycles. The SMILES string of the molecule is CN1c2cccc(Br)c2[C@]2(C)CC(c3ccccc3)=NN(C(=O)c3ccccc3)[C@H]12. The largest absolute Gasteiger partial charge is 0.352 e. The second-order valence-corrected chi connectivity index (χ2v) is 9.00. The average molecular weight is 460 g/mol. The van der Waals surface area contributed by atoms with Gasteiger partial charge >= 0.3 is 0 Å². The Morgan fingerprint density at radius 2 is 1.67 bits per heavy atom. The molecule has 2 aliphatic rings. The number of fused-ring (bicyclic) bond motifs is 3. The molecule has 0 N–H and O–H groups in total. The van der Waals surface area contributed by atoms with Crippen LogP contribution in [0.5, 0.6) is 0 Å². The number of hydrogen-bond donors (Lipinski definition) is 0. The number of nitrogens with zero attached hydrogens (tertiary/aromatic N) is 3. The highest BCUT2D eigenvalue weighted by Crippen LogP contribution is 2.53. The molecule has 1 amide bonds. The van der Waals surface area contributed by atoms with Gasteiger partial charge in [0.05, 0.1) is 5.71 Å². The van der Waals surface area contributed by atoms with E-state index in [1.54, 1.807) is 5.01 Å². The molecule has 0 unspecified atom stereocenters. The van der Waals surface area contributed by atoms with Crippen LogP contribution in [0.15, 0.2) is 88.4 Å². The molecule has 3 aromatic rings. The van der Waals surface area contributed by atoms with Gasteiger partial charge in [0.1, 0.15) is 6.17 Å². The van der Waals surface area contributed by atoms with Crippen LogP contribution in [0.2, 0.25) is 0 Å². The fourth-order valence-corrected chi connectivity index (χ4v) is 5.71. The van der Waals surface area contributed by atoms with Gasteiger partial charge in [0.25, 0.3) is 5.91 Å². The van der Waals surface area contributed by atoms with E-state index >= 15 is 0 Å². The van der Waals surface area contributed by atoms with Gasteiger partial charge in [-0.05, 0) is 35.4 Å². The first kappa shape index (κ1) is 19.1. The van der Waals surface area contributed by atoms with Crippen molar-refractivity contribution >= 4 is 33.2 Å². The summed E-state index contributed by atoms with van der Waals surface area (Å²) in [6.45, 7) is 2.24. The number of rotatable bonds is 2. The number of anilines is 1. The summed E-state index contributed by atoms with van der Waals surface area (Å²) in [6, 6.07) is 25.8. The lowest BCUT2D eigenvalue weighted by Gasteiger charge is -2.44. The van der Waals surface area contributed by atoms with E-state index in [0.717, 1.165) is 27.9 Å². The number of benzene rings is 3. The van der Waals surface area contributed by atoms with Crippen molar-refractivity contribution in [1.82, 2.24) is 5.01 Å². The van der Waals surface area contributed by atoms with Crippen molar-refractivity contribution in [1.29, 1.82) is 0 Å². The molecule has 0 saturated carbocycles. The van der Waals surface area contributed by atoms with E-state index in [1.807, 2.05) is 54.6 Å². The topological polar surface area (TPSA) is 35.9 Å². The fourth-order valence-electron chi connectivity index (χ4n) is 4.90. The Bertz CT molecular complexity index is 1150. The van der Waals surface area contributed by atoms with Crippen LogP contribution in [0.3, 0.4) is 0 Å². The minimum absolute atomic E-state index is 0.0873. The quantitative estimate of drug-likeness (QED) is 0.511. The van der Waals surface area contributed by atoms with Gasteiger partial charge in [-0.3, -0.25) is 4.79 Å². The minimum Gasteiger partial charge on any atom is -0.352 e. The maximum Gasteiger partial charge on any atom is 0.275 e. The van der Waals surface area contributed by atoms with Crippen LogP contribution in [0.4, 0.5) is 5.69 Å². The fraction of sp³-hybridized carbons (Fsp3) is 0.200. The summed E-state index contributed by atoms with van der Waals surface area (Å²) >= 11 is 3.78. The van der Waals surface area contributed by atoms with Gasteiger partial charge in [0.2, 0.25) is 0 Å². The van der Waals surface area contributed by atoms with E-state index in [9.17, 15) is 4.79 Å². The van der Waals surface area contributed by atoms with Gasteiger partial charge in [-0.2, -0.15) is 5.10 Å². The van der Waals surface area contributed by atoms with Gasteiger partial charge in [0, 0.05) is 34.6 Å². The number of hydrogen-bond acceptors (Lipinski definition) is 3. The number of halogens is 1. The Morgan fingerprint density at radius 3 is 2.37 bits per heavy atom. The molecule has 0 aliphatic carbocycles.